The van der Waals surface area contributed by atoms with Crippen LogP contribution in [0, 0.1) is 28.6 Å². The summed E-state index contributed by atoms with van der Waals surface area (Å²) in [6.07, 6.45) is 1.42. The summed E-state index contributed by atoms with van der Waals surface area (Å²) in [7, 11) is 0. The Hall–Kier alpha value is -1.80. The molecule has 0 fully saturated rings. The zero-order valence-electron chi connectivity index (χ0n) is 7.27. The Labute approximate surface area is 78.0 Å². The molecule has 0 unspecified atom stereocenters. The van der Waals surface area contributed by atoms with Gasteiger partial charge in [0.2, 0.25) is 0 Å². The van der Waals surface area contributed by atoms with Crippen LogP contribution < -0.4 is 0 Å². The first-order valence-electron chi connectivity index (χ1n) is 4.20. The molecule has 0 aliphatic heterocycles. The van der Waals surface area contributed by atoms with Crippen LogP contribution in [0.2, 0.25) is 0 Å². The zero-order valence-corrected chi connectivity index (χ0v) is 7.27. The molecule has 1 rings (SSSR count). The molecular formula is C11H10N2. The molecule has 0 aliphatic rings. The largest absolute Gasteiger partial charge is 0.197 e. The Balaban J connectivity index is 2.45. The van der Waals surface area contributed by atoms with Gasteiger partial charge in [-0.15, -0.1) is 0 Å². The Bertz CT molecular complexity index is 315. The molecule has 0 spiro atoms. The lowest BCUT2D eigenvalue weighted by Gasteiger charge is -1.99. The predicted octanol–water partition coefficient (Wildman–Crippen LogP) is 2.28. The van der Waals surface area contributed by atoms with E-state index in [-0.39, 0.29) is 0 Å². The van der Waals surface area contributed by atoms with Crippen molar-refractivity contribution in [3.05, 3.63) is 35.9 Å². The molecule has 0 radical (unpaired) electrons. The molecule has 0 aromatic heterocycles. The van der Waals surface area contributed by atoms with E-state index in [0.29, 0.717) is 6.42 Å². The molecule has 0 saturated carbocycles. The highest BCUT2D eigenvalue weighted by molar-refractivity contribution is 5.15. The molecule has 0 amide bonds. The van der Waals surface area contributed by atoms with E-state index in [0.717, 1.165) is 6.42 Å². The van der Waals surface area contributed by atoms with Crippen LogP contribution in [-0.2, 0) is 6.42 Å². The normalized spacial score (nSPS) is 9.15. The van der Waals surface area contributed by atoms with Crippen LogP contribution in [0.25, 0.3) is 0 Å². The second-order valence-electron chi connectivity index (χ2n) is 2.84. The van der Waals surface area contributed by atoms with Gasteiger partial charge in [0.15, 0.2) is 0 Å². The zero-order chi connectivity index (χ0) is 9.52. The third-order valence-electron chi connectivity index (χ3n) is 1.88. The van der Waals surface area contributed by atoms with Crippen LogP contribution >= 0.6 is 0 Å². The van der Waals surface area contributed by atoms with Gasteiger partial charge >= 0.3 is 0 Å². The van der Waals surface area contributed by atoms with E-state index in [2.05, 4.69) is 0 Å². The average molecular weight is 170 g/mol. The molecule has 0 saturated heterocycles. The summed E-state index contributed by atoms with van der Waals surface area (Å²) in [6, 6.07) is 13.8. The summed E-state index contributed by atoms with van der Waals surface area (Å²) in [5.74, 6) is -0.472. The highest BCUT2D eigenvalue weighted by Crippen LogP contribution is 2.07. The molecule has 0 atom stereocenters. The van der Waals surface area contributed by atoms with Gasteiger partial charge in [0.25, 0.3) is 0 Å². The van der Waals surface area contributed by atoms with Crippen molar-refractivity contribution in [3.63, 3.8) is 0 Å². The predicted molar refractivity (Wildman–Crippen MR) is 49.5 cm³/mol. The lowest BCUT2D eigenvalue weighted by molar-refractivity contribution is 0.731. The first-order chi connectivity index (χ1) is 6.36. The number of nitriles is 2. The molecule has 13 heavy (non-hydrogen) atoms. The maximum absolute atomic E-state index is 8.53. The maximum Gasteiger partial charge on any atom is 0.133 e. The van der Waals surface area contributed by atoms with E-state index in [9.17, 15) is 0 Å². The van der Waals surface area contributed by atoms with Crippen molar-refractivity contribution in [1.29, 1.82) is 10.5 Å². The molecule has 64 valence electrons. The Morgan fingerprint density at radius 3 is 2.23 bits per heavy atom. The first-order valence-corrected chi connectivity index (χ1v) is 4.20. The van der Waals surface area contributed by atoms with Crippen molar-refractivity contribution in [2.45, 2.75) is 12.8 Å². The fourth-order valence-corrected chi connectivity index (χ4v) is 1.11. The fourth-order valence-electron chi connectivity index (χ4n) is 1.11. The summed E-state index contributed by atoms with van der Waals surface area (Å²) in [5, 5.41) is 17.1. The van der Waals surface area contributed by atoms with Gasteiger partial charge in [0.1, 0.15) is 5.92 Å². The summed E-state index contributed by atoms with van der Waals surface area (Å²) in [5.41, 5.74) is 1.18. The van der Waals surface area contributed by atoms with Crippen molar-refractivity contribution in [1.82, 2.24) is 0 Å². The van der Waals surface area contributed by atoms with Crippen molar-refractivity contribution in [2.24, 2.45) is 5.92 Å². The molecule has 1 aromatic rings. The van der Waals surface area contributed by atoms with Crippen LogP contribution in [0.4, 0.5) is 0 Å². The number of benzene rings is 1. The number of aryl methyl sites for hydroxylation is 1. The second-order valence-corrected chi connectivity index (χ2v) is 2.84. The van der Waals surface area contributed by atoms with Crippen LogP contribution in [-0.4, -0.2) is 0 Å². The maximum atomic E-state index is 8.53. The highest BCUT2D eigenvalue weighted by Gasteiger charge is 2.04. The highest BCUT2D eigenvalue weighted by atomic mass is 14.3. The Morgan fingerprint density at radius 1 is 1.08 bits per heavy atom. The summed E-state index contributed by atoms with van der Waals surface area (Å²) in [4.78, 5) is 0. The Morgan fingerprint density at radius 2 is 1.69 bits per heavy atom. The van der Waals surface area contributed by atoms with Crippen molar-refractivity contribution in [2.75, 3.05) is 0 Å². The fraction of sp³-hybridized carbons (Fsp3) is 0.273. The number of nitrogens with zero attached hydrogens (tertiary/aromatic N) is 2. The van der Waals surface area contributed by atoms with E-state index >= 15 is 0 Å². The van der Waals surface area contributed by atoms with Crippen LogP contribution in [0.15, 0.2) is 30.3 Å². The summed E-state index contributed by atoms with van der Waals surface area (Å²) >= 11 is 0. The SMILES string of the molecule is N#CC(C#N)CCc1ccccc1. The first kappa shape index (κ1) is 9.29. The number of rotatable bonds is 3. The molecule has 2 heteroatoms. The van der Waals surface area contributed by atoms with E-state index < -0.39 is 5.92 Å². The molecule has 0 bridgehead atoms. The monoisotopic (exact) mass is 170 g/mol. The minimum Gasteiger partial charge on any atom is -0.197 e. The van der Waals surface area contributed by atoms with Gasteiger partial charge in [-0.3, -0.25) is 0 Å². The van der Waals surface area contributed by atoms with Gasteiger partial charge in [-0.05, 0) is 18.4 Å². The summed E-state index contributed by atoms with van der Waals surface area (Å²) in [6.45, 7) is 0. The quantitative estimate of drug-likeness (QED) is 0.698. The van der Waals surface area contributed by atoms with Crippen molar-refractivity contribution >= 4 is 0 Å². The molecular weight excluding hydrogens is 160 g/mol. The van der Waals surface area contributed by atoms with E-state index in [1.165, 1.54) is 5.56 Å². The molecule has 0 heterocycles. The molecule has 2 nitrogen and oxygen atoms in total. The van der Waals surface area contributed by atoms with Gasteiger partial charge in [0, 0.05) is 0 Å². The van der Waals surface area contributed by atoms with Crippen molar-refractivity contribution in [3.8, 4) is 12.1 Å². The van der Waals surface area contributed by atoms with Gasteiger partial charge in [0.05, 0.1) is 12.1 Å². The molecule has 1 aromatic carbocycles. The number of hydrogen-bond acceptors (Lipinski definition) is 2. The third kappa shape index (κ3) is 2.97. The third-order valence-corrected chi connectivity index (χ3v) is 1.88. The lowest BCUT2D eigenvalue weighted by atomic mass is 10.0. The van der Waals surface area contributed by atoms with E-state index in [4.69, 9.17) is 10.5 Å². The van der Waals surface area contributed by atoms with Gasteiger partial charge < -0.3 is 0 Å². The smallest absolute Gasteiger partial charge is 0.133 e. The van der Waals surface area contributed by atoms with E-state index in [1.807, 2.05) is 42.5 Å². The molecule has 0 N–H and O–H groups in total. The number of hydrogen-bond donors (Lipinski definition) is 0. The minimum absolute atomic E-state index is 0.472. The second kappa shape index (κ2) is 4.95. The van der Waals surface area contributed by atoms with Gasteiger partial charge in [-0.2, -0.15) is 10.5 Å². The molecule has 0 aliphatic carbocycles. The van der Waals surface area contributed by atoms with Gasteiger partial charge in [-0.1, -0.05) is 30.3 Å². The van der Waals surface area contributed by atoms with E-state index in [1.54, 1.807) is 0 Å². The minimum atomic E-state index is -0.472. The summed E-state index contributed by atoms with van der Waals surface area (Å²) < 4.78 is 0. The Kier molecular flexibility index (Phi) is 3.54. The van der Waals surface area contributed by atoms with Crippen LogP contribution in [0.3, 0.4) is 0 Å². The van der Waals surface area contributed by atoms with Crippen LogP contribution in [0.1, 0.15) is 12.0 Å². The average Bonchev–Trinajstić information content (AvgIpc) is 2.21. The van der Waals surface area contributed by atoms with Crippen LogP contribution in [0.5, 0.6) is 0 Å². The standard InChI is InChI=1S/C11H10N2/c12-8-11(9-13)7-6-10-4-2-1-3-5-10/h1-5,11H,6-7H2. The van der Waals surface area contributed by atoms with Crippen molar-refractivity contribution < 1.29 is 0 Å². The van der Waals surface area contributed by atoms with Gasteiger partial charge in [-0.25, -0.2) is 0 Å². The lowest BCUT2D eigenvalue weighted by Crippen LogP contribution is -1.95. The topological polar surface area (TPSA) is 47.6 Å².